The van der Waals surface area contributed by atoms with E-state index in [-0.39, 0.29) is 22.0 Å². The number of anilines is 1. The Bertz CT molecular complexity index is 1260. The zero-order chi connectivity index (χ0) is 20.2. The number of rotatable bonds is 2. The van der Waals surface area contributed by atoms with Crippen LogP contribution in [0, 0.1) is 5.82 Å². The summed E-state index contributed by atoms with van der Waals surface area (Å²) in [4.78, 5) is 37.0. The Kier molecular flexibility index (Phi) is 4.08. The van der Waals surface area contributed by atoms with Crippen molar-refractivity contribution in [1.82, 2.24) is 14.6 Å². The lowest BCUT2D eigenvalue weighted by molar-refractivity contribution is -0.117. The molecule has 2 heterocycles. The Morgan fingerprint density at radius 1 is 1.00 bits per heavy atom. The smallest absolute Gasteiger partial charge is 0.295 e. The highest BCUT2D eigenvalue weighted by atomic mass is 35.5. The van der Waals surface area contributed by atoms with Gasteiger partial charge < -0.3 is 0 Å². The van der Waals surface area contributed by atoms with Crippen LogP contribution in [-0.4, -0.2) is 20.9 Å². The molecule has 4 rings (SSSR count). The van der Waals surface area contributed by atoms with Crippen molar-refractivity contribution >= 4 is 46.2 Å². The molecule has 2 aromatic carbocycles. The molecule has 7 nitrogen and oxygen atoms in total. The lowest BCUT2D eigenvalue weighted by atomic mass is 10.1. The highest BCUT2D eigenvalue weighted by Gasteiger charge is 2.34. The summed E-state index contributed by atoms with van der Waals surface area (Å²) in [6, 6.07) is 8.90. The van der Waals surface area contributed by atoms with Crippen LogP contribution in [0.5, 0.6) is 0 Å². The largest absolute Gasteiger partial charge is 0.328 e. The number of hydrogen-bond acceptors (Lipinski definition) is 3. The lowest BCUT2D eigenvalue weighted by Crippen LogP contribution is -2.35. The molecule has 0 atom stereocenters. The topological polar surface area (TPSA) is 76.3 Å². The summed E-state index contributed by atoms with van der Waals surface area (Å²) in [5.74, 6) is -1.80. The predicted octanol–water partition coefficient (Wildman–Crippen LogP) is 2.13. The number of benzene rings is 2. The van der Waals surface area contributed by atoms with Gasteiger partial charge in [0.2, 0.25) is 0 Å². The maximum absolute atomic E-state index is 13.4. The third-order valence-corrected chi connectivity index (χ3v) is 4.95. The summed E-state index contributed by atoms with van der Waals surface area (Å²) >= 11 is 5.76. The zero-order valence-electron chi connectivity index (χ0n) is 14.9. The fourth-order valence-electron chi connectivity index (χ4n) is 3.14. The van der Waals surface area contributed by atoms with Gasteiger partial charge in [-0.3, -0.25) is 24.1 Å². The van der Waals surface area contributed by atoms with Crippen LogP contribution in [0.4, 0.5) is 10.1 Å². The van der Waals surface area contributed by atoms with Gasteiger partial charge in [-0.1, -0.05) is 17.7 Å². The lowest BCUT2D eigenvalue weighted by Gasteiger charge is -2.14. The Hall–Kier alpha value is -3.39. The van der Waals surface area contributed by atoms with Crippen molar-refractivity contribution in [3.8, 4) is 0 Å². The van der Waals surface area contributed by atoms with Crippen molar-refractivity contribution in [3.05, 3.63) is 68.9 Å². The van der Waals surface area contributed by atoms with Gasteiger partial charge in [0.05, 0.1) is 21.7 Å². The molecule has 1 fully saturated rings. The summed E-state index contributed by atoms with van der Waals surface area (Å²) in [5, 5.41) is 0.850. The Morgan fingerprint density at radius 2 is 1.71 bits per heavy atom. The number of aryl methyl sites for hydroxylation is 2. The molecular formula is C19H14ClFN4O3. The molecule has 9 heteroatoms. The first-order valence-electron chi connectivity index (χ1n) is 8.25. The predicted molar refractivity (Wildman–Crippen MR) is 103 cm³/mol. The summed E-state index contributed by atoms with van der Waals surface area (Å²) in [6.07, 6.45) is 1.44. The van der Waals surface area contributed by atoms with Gasteiger partial charge in [0.25, 0.3) is 11.8 Å². The molecule has 0 unspecified atom stereocenters. The number of amides is 2. The summed E-state index contributed by atoms with van der Waals surface area (Å²) in [5.41, 5.74) is 4.42. The maximum atomic E-state index is 13.4. The second kappa shape index (κ2) is 6.35. The number of nitrogens with one attached hydrogen (secondary N) is 1. The van der Waals surface area contributed by atoms with Gasteiger partial charge in [-0.05, 0) is 42.0 Å². The quantitative estimate of drug-likeness (QED) is 0.529. The molecular weight excluding hydrogens is 387 g/mol. The molecule has 1 N–H and O–H groups in total. The highest BCUT2D eigenvalue weighted by molar-refractivity contribution is 6.33. The standard InChI is InChI=1S/C19H14ClFN4O3/c1-23-15-6-3-10(8-16(15)24(2)19(23)28)7-12-17(26)22-25(18(12)27)11-4-5-14(21)13(20)9-11/h3-9H,1-2H3,(H,22,26). The summed E-state index contributed by atoms with van der Waals surface area (Å²) < 4.78 is 16.4. The molecule has 1 saturated heterocycles. The molecule has 0 radical (unpaired) electrons. The van der Waals surface area contributed by atoms with Crippen LogP contribution in [0.1, 0.15) is 5.56 Å². The van der Waals surface area contributed by atoms with Crippen molar-refractivity contribution < 1.29 is 14.0 Å². The molecule has 1 aliphatic heterocycles. The number of hydrazine groups is 1. The second-order valence-electron chi connectivity index (χ2n) is 6.39. The number of halogens is 2. The minimum Gasteiger partial charge on any atom is -0.295 e. The fraction of sp³-hybridized carbons (Fsp3) is 0.105. The van der Waals surface area contributed by atoms with Crippen molar-refractivity contribution in [3.63, 3.8) is 0 Å². The van der Waals surface area contributed by atoms with Gasteiger partial charge in [-0.2, -0.15) is 0 Å². The third-order valence-electron chi connectivity index (χ3n) is 4.66. The summed E-state index contributed by atoms with van der Waals surface area (Å²) in [6.45, 7) is 0. The van der Waals surface area contributed by atoms with Crippen LogP contribution in [0.3, 0.4) is 0 Å². The van der Waals surface area contributed by atoms with Gasteiger partial charge in [0.15, 0.2) is 0 Å². The van der Waals surface area contributed by atoms with Crippen LogP contribution in [-0.2, 0) is 23.7 Å². The maximum Gasteiger partial charge on any atom is 0.328 e. The number of carbonyl (C=O) groups is 2. The van der Waals surface area contributed by atoms with E-state index in [0.29, 0.717) is 11.1 Å². The van der Waals surface area contributed by atoms with Crippen LogP contribution in [0.15, 0.2) is 46.8 Å². The number of fused-ring (bicyclic) bond motifs is 1. The first-order chi connectivity index (χ1) is 13.3. The molecule has 0 aliphatic carbocycles. The number of nitrogens with zero attached hydrogens (tertiary/aromatic N) is 3. The average molecular weight is 401 g/mol. The SMILES string of the molecule is Cn1c(=O)n(C)c2cc(C=C3C(=O)NN(c4ccc(F)c(Cl)c4)C3=O)ccc21. The number of imidazole rings is 1. The van der Waals surface area contributed by atoms with Gasteiger partial charge in [-0.25, -0.2) is 14.2 Å². The molecule has 1 aliphatic rings. The monoisotopic (exact) mass is 400 g/mol. The van der Waals surface area contributed by atoms with Gasteiger partial charge in [-0.15, -0.1) is 0 Å². The Morgan fingerprint density at radius 3 is 2.43 bits per heavy atom. The van der Waals surface area contributed by atoms with E-state index < -0.39 is 17.6 Å². The normalized spacial score (nSPS) is 15.7. The van der Waals surface area contributed by atoms with E-state index in [1.54, 1.807) is 32.3 Å². The fourth-order valence-corrected chi connectivity index (χ4v) is 3.32. The third kappa shape index (κ3) is 2.69. The van der Waals surface area contributed by atoms with Crippen LogP contribution >= 0.6 is 11.6 Å². The van der Waals surface area contributed by atoms with E-state index in [0.717, 1.165) is 16.6 Å². The first kappa shape index (κ1) is 18.0. The van der Waals surface area contributed by atoms with E-state index >= 15 is 0 Å². The molecule has 28 heavy (non-hydrogen) atoms. The zero-order valence-corrected chi connectivity index (χ0v) is 15.6. The molecule has 3 aromatic rings. The minimum atomic E-state index is -0.624. The van der Waals surface area contributed by atoms with Crippen molar-refractivity contribution in [2.24, 2.45) is 14.1 Å². The highest BCUT2D eigenvalue weighted by Crippen LogP contribution is 2.26. The Labute approximate surface area is 163 Å². The molecule has 1 aromatic heterocycles. The van der Waals surface area contributed by atoms with E-state index in [9.17, 15) is 18.8 Å². The summed E-state index contributed by atoms with van der Waals surface area (Å²) in [7, 11) is 3.32. The molecule has 2 amide bonds. The van der Waals surface area contributed by atoms with Crippen LogP contribution in [0.25, 0.3) is 17.1 Å². The van der Waals surface area contributed by atoms with E-state index in [1.807, 2.05) is 0 Å². The van der Waals surface area contributed by atoms with Crippen molar-refractivity contribution in [2.75, 3.05) is 5.01 Å². The van der Waals surface area contributed by atoms with Gasteiger partial charge in [0, 0.05) is 14.1 Å². The molecule has 142 valence electrons. The van der Waals surface area contributed by atoms with Gasteiger partial charge in [0.1, 0.15) is 11.4 Å². The number of carbonyl (C=O) groups excluding carboxylic acids is 2. The average Bonchev–Trinajstić information content (AvgIpc) is 3.07. The number of aromatic nitrogens is 2. The molecule has 0 bridgehead atoms. The molecule has 0 saturated carbocycles. The van der Waals surface area contributed by atoms with Crippen molar-refractivity contribution in [2.45, 2.75) is 0 Å². The molecule has 0 spiro atoms. The number of hydrogen-bond donors (Lipinski definition) is 1. The first-order valence-corrected chi connectivity index (χ1v) is 8.63. The second-order valence-corrected chi connectivity index (χ2v) is 6.79. The minimum absolute atomic E-state index is 0.0827. The van der Waals surface area contributed by atoms with E-state index in [2.05, 4.69) is 5.43 Å². The van der Waals surface area contributed by atoms with E-state index in [1.165, 1.54) is 27.3 Å². The Balaban J connectivity index is 1.73. The van der Waals surface area contributed by atoms with Gasteiger partial charge >= 0.3 is 5.69 Å². The van der Waals surface area contributed by atoms with Crippen molar-refractivity contribution in [1.29, 1.82) is 0 Å². The van der Waals surface area contributed by atoms with Crippen LogP contribution in [0.2, 0.25) is 5.02 Å². The van der Waals surface area contributed by atoms with E-state index in [4.69, 9.17) is 11.6 Å². The van der Waals surface area contributed by atoms with Crippen LogP contribution < -0.4 is 16.1 Å².